The molecule has 0 amide bonds. The van der Waals surface area contributed by atoms with Crippen LogP contribution in [0.4, 0.5) is 8.78 Å². The Kier molecular flexibility index (Phi) is 4.53. The largest absolute Gasteiger partial charge is 0.508 e. The highest BCUT2D eigenvalue weighted by Crippen LogP contribution is 2.24. The molecule has 0 unspecified atom stereocenters. The van der Waals surface area contributed by atoms with Gasteiger partial charge < -0.3 is 15.2 Å². The predicted molar refractivity (Wildman–Crippen MR) is 71.6 cm³/mol. The molecule has 0 fully saturated rings. The van der Waals surface area contributed by atoms with Crippen LogP contribution in [0.15, 0.2) is 36.4 Å². The first-order valence-electron chi connectivity index (χ1n) is 6.13. The minimum absolute atomic E-state index is 0.0273. The van der Waals surface area contributed by atoms with Crippen LogP contribution in [0.5, 0.6) is 11.5 Å². The molecule has 2 rings (SSSR count). The van der Waals surface area contributed by atoms with Gasteiger partial charge in [0.1, 0.15) is 12.4 Å². The maximum Gasteiger partial charge on any atom is 0.191 e. The molecule has 0 aromatic heterocycles. The summed E-state index contributed by atoms with van der Waals surface area (Å²) in [6.45, 7) is 0.408. The van der Waals surface area contributed by atoms with Gasteiger partial charge in [-0.1, -0.05) is 12.1 Å². The molecule has 2 aromatic rings. The number of benzene rings is 2. The fourth-order valence-electron chi connectivity index (χ4n) is 1.80. The molecule has 0 radical (unpaired) electrons. The molecule has 2 aromatic carbocycles. The average Bonchev–Trinajstić information content (AvgIpc) is 2.40. The van der Waals surface area contributed by atoms with Crippen molar-refractivity contribution < 1.29 is 18.6 Å². The van der Waals surface area contributed by atoms with Gasteiger partial charge in [-0.05, 0) is 42.4 Å². The van der Waals surface area contributed by atoms with Gasteiger partial charge in [0.05, 0.1) is 0 Å². The van der Waals surface area contributed by atoms with Crippen LogP contribution in [0.25, 0.3) is 0 Å². The Hall–Kier alpha value is -2.14. The van der Waals surface area contributed by atoms with Crippen LogP contribution >= 0.6 is 0 Å². The van der Waals surface area contributed by atoms with Crippen molar-refractivity contribution in [2.24, 2.45) is 0 Å². The third-order valence-corrected chi connectivity index (χ3v) is 2.76. The zero-order valence-corrected chi connectivity index (χ0v) is 11.0. The number of ether oxygens (including phenoxy) is 1. The standard InChI is InChI=1S/C15H15F2NO2/c1-18-8-11-6-13(16)15(14(17)7-11)20-9-10-2-4-12(19)5-3-10/h2-7,18-19H,8-9H2,1H3. The molecule has 2 N–H and O–H groups in total. The Balaban J connectivity index is 2.11. The zero-order chi connectivity index (χ0) is 14.5. The minimum atomic E-state index is -0.728. The van der Waals surface area contributed by atoms with E-state index in [4.69, 9.17) is 9.84 Å². The highest BCUT2D eigenvalue weighted by Gasteiger charge is 2.12. The number of halogens is 2. The molecule has 0 heterocycles. The first-order chi connectivity index (χ1) is 9.60. The lowest BCUT2D eigenvalue weighted by Gasteiger charge is -2.10. The van der Waals surface area contributed by atoms with E-state index in [2.05, 4.69) is 5.32 Å². The van der Waals surface area contributed by atoms with Crippen LogP contribution in [0.1, 0.15) is 11.1 Å². The molecule has 0 bridgehead atoms. The minimum Gasteiger partial charge on any atom is -0.508 e. The molecule has 3 nitrogen and oxygen atoms in total. The quantitative estimate of drug-likeness (QED) is 0.884. The average molecular weight is 279 g/mol. The van der Waals surface area contributed by atoms with Crippen molar-refractivity contribution >= 4 is 0 Å². The predicted octanol–water partition coefficient (Wildman–Crippen LogP) is 2.97. The van der Waals surface area contributed by atoms with Crippen molar-refractivity contribution in [1.29, 1.82) is 0 Å². The number of rotatable bonds is 5. The van der Waals surface area contributed by atoms with E-state index < -0.39 is 17.4 Å². The van der Waals surface area contributed by atoms with Gasteiger partial charge in [-0.2, -0.15) is 0 Å². The van der Waals surface area contributed by atoms with Gasteiger partial charge in [-0.3, -0.25) is 0 Å². The maximum absolute atomic E-state index is 13.8. The summed E-state index contributed by atoms with van der Waals surface area (Å²) in [5, 5.41) is 12.0. The first kappa shape index (κ1) is 14.3. The molecular weight excluding hydrogens is 264 g/mol. The van der Waals surface area contributed by atoms with Gasteiger partial charge in [0.25, 0.3) is 0 Å². The van der Waals surface area contributed by atoms with Gasteiger partial charge in [-0.25, -0.2) is 8.78 Å². The highest BCUT2D eigenvalue weighted by atomic mass is 19.1. The molecule has 0 saturated carbocycles. The van der Waals surface area contributed by atoms with E-state index in [1.165, 1.54) is 24.3 Å². The molecule has 5 heteroatoms. The second-order valence-corrected chi connectivity index (χ2v) is 4.37. The van der Waals surface area contributed by atoms with Crippen molar-refractivity contribution in [3.05, 3.63) is 59.2 Å². The fraction of sp³-hybridized carbons (Fsp3) is 0.200. The Morgan fingerprint density at radius 3 is 2.20 bits per heavy atom. The fourth-order valence-corrected chi connectivity index (χ4v) is 1.80. The highest BCUT2D eigenvalue weighted by molar-refractivity contribution is 5.32. The number of phenols is 1. The lowest BCUT2D eigenvalue weighted by atomic mass is 10.2. The Bertz CT molecular complexity index is 562. The zero-order valence-electron chi connectivity index (χ0n) is 11.0. The third kappa shape index (κ3) is 3.45. The molecule has 0 aliphatic heterocycles. The maximum atomic E-state index is 13.8. The lowest BCUT2D eigenvalue weighted by Crippen LogP contribution is -2.07. The van der Waals surface area contributed by atoms with Crippen LogP contribution < -0.4 is 10.1 Å². The van der Waals surface area contributed by atoms with E-state index in [-0.39, 0.29) is 12.4 Å². The lowest BCUT2D eigenvalue weighted by molar-refractivity contribution is 0.273. The third-order valence-electron chi connectivity index (χ3n) is 2.76. The monoisotopic (exact) mass is 279 g/mol. The Morgan fingerprint density at radius 1 is 1.05 bits per heavy atom. The molecule has 0 atom stereocenters. The molecule has 20 heavy (non-hydrogen) atoms. The molecule has 0 aliphatic rings. The number of hydrogen-bond donors (Lipinski definition) is 2. The van der Waals surface area contributed by atoms with Crippen LogP contribution in [0, 0.1) is 11.6 Å². The second-order valence-electron chi connectivity index (χ2n) is 4.37. The van der Waals surface area contributed by atoms with Crippen molar-refractivity contribution in [2.75, 3.05) is 7.05 Å². The van der Waals surface area contributed by atoms with Gasteiger partial charge >= 0.3 is 0 Å². The smallest absolute Gasteiger partial charge is 0.191 e. The summed E-state index contributed by atoms with van der Waals surface area (Å²) in [6, 6.07) is 8.71. The summed E-state index contributed by atoms with van der Waals surface area (Å²) in [6.07, 6.45) is 0. The van der Waals surface area contributed by atoms with E-state index in [9.17, 15) is 8.78 Å². The normalized spacial score (nSPS) is 10.6. The van der Waals surface area contributed by atoms with Crippen molar-refractivity contribution in [3.63, 3.8) is 0 Å². The van der Waals surface area contributed by atoms with E-state index in [1.807, 2.05) is 0 Å². The summed E-state index contributed by atoms with van der Waals surface area (Å²) in [5.74, 6) is -1.72. The van der Waals surface area contributed by atoms with Crippen LogP contribution in [0.3, 0.4) is 0 Å². The molecule has 0 saturated heterocycles. The molecule has 106 valence electrons. The van der Waals surface area contributed by atoms with E-state index in [0.29, 0.717) is 17.7 Å². The summed E-state index contributed by atoms with van der Waals surface area (Å²) in [4.78, 5) is 0. The van der Waals surface area contributed by atoms with Crippen LogP contribution in [0.2, 0.25) is 0 Å². The van der Waals surface area contributed by atoms with E-state index in [0.717, 1.165) is 0 Å². The van der Waals surface area contributed by atoms with Gasteiger partial charge in [0, 0.05) is 6.54 Å². The number of phenolic OH excluding ortho intramolecular Hbond substituents is 1. The molecular formula is C15H15F2NO2. The van der Waals surface area contributed by atoms with E-state index in [1.54, 1.807) is 19.2 Å². The number of hydrogen-bond acceptors (Lipinski definition) is 3. The number of aromatic hydroxyl groups is 1. The molecule has 0 aliphatic carbocycles. The topological polar surface area (TPSA) is 41.5 Å². The second kappa shape index (κ2) is 6.34. The van der Waals surface area contributed by atoms with Gasteiger partial charge in [0.15, 0.2) is 17.4 Å². The van der Waals surface area contributed by atoms with Gasteiger partial charge in [-0.15, -0.1) is 0 Å². The van der Waals surface area contributed by atoms with Crippen LogP contribution in [-0.2, 0) is 13.2 Å². The van der Waals surface area contributed by atoms with E-state index >= 15 is 0 Å². The SMILES string of the molecule is CNCc1cc(F)c(OCc2ccc(O)cc2)c(F)c1. The van der Waals surface area contributed by atoms with Gasteiger partial charge in [0.2, 0.25) is 0 Å². The van der Waals surface area contributed by atoms with Crippen molar-refractivity contribution in [3.8, 4) is 11.5 Å². The summed E-state index contributed by atoms with van der Waals surface area (Å²) < 4.78 is 32.7. The van der Waals surface area contributed by atoms with Crippen molar-refractivity contribution in [1.82, 2.24) is 5.32 Å². The summed E-state index contributed by atoms with van der Waals surface area (Å²) in [5.41, 5.74) is 1.22. The first-order valence-corrected chi connectivity index (χ1v) is 6.13. The Labute approximate surface area is 115 Å². The summed E-state index contributed by atoms with van der Waals surface area (Å²) in [7, 11) is 1.70. The molecule has 0 spiro atoms. The van der Waals surface area contributed by atoms with Crippen LogP contribution in [-0.4, -0.2) is 12.2 Å². The van der Waals surface area contributed by atoms with Crippen molar-refractivity contribution in [2.45, 2.75) is 13.2 Å². The Morgan fingerprint density at radius 2 is 1.65 bits per heavy atom. The summed E-state index contributed by atoms with van der Waals surface area (Å²) >= 11 is 0. The number of nitrogens with one attached hydrogen (secondary N) is 1.